The summed E-state index contributed by atoms with van der Waals surface area (Å²) in [5.41, 5.74) is -0.00883. The summed E-state index contributed by atoms with van der Waals surface area (Å²) in [6, 6.07) is 4.85. The van der Waals surface area contributed by atoms with E-state index in [1.165, 1.54) is 0 Å². The second kappa shape index (κ2) is 8.56. The molecule has 1 amide bonds. The number of anilines is 1. The van der Waals surface area contributed by atoms with E-state index < -0.39 is 5.54 Å². The zero-order chi connectivity index (χ0) is 15.9. The minimum atomic E-state index is -0.473. The molecule has 0 aliphatic heterocycles. The minimum Gasteiger partial charge on any atom is -0.396 e. The number of hydrogen-bond acceptors (Lipinski definition) is 4. The van der Waals surface area contributed by atoms with Gasteiger partial charge < -0.3 is 20.5 Å². The molecule has 0 bridgehead atoms. The first-order valence-corrected chi connectivity index (χ1v) is 7.25. The van der Waals surface area contributed by atoms with Crippen LogP contribution in [0.4, 0.5) is 5.69 Å². The number of carbonyl (C=O) groups excluding carboxylic acids is 1. The van der Waals surface area contributed by atoms with Crippen molar-refractivity contribution < 1.29 is 14.6 Å². The van der Waals surface area contributed by atoms with Gasteiger partial charge in [-0.1, -0.05) is 23.2 Å². The maximum Gasteiger partial charge on any atom is 0.238 e. The topological polar surface area (TPSA) is 70.6 Å². The molecule has 1 rings (SSSR count). The van der Waals surface area contributed by atoms with Gasteiger partial charge in [-0.15, -0.1) is 0 Å². The lowest BCUT2D eigenvalue weighted by molar-refractivity contribution is -0.115. The zero-order valence-corrected chi connectivity index (χ0v) is 13.6. The van der Waals surface area contributed by atoms with Crippen molar-refractivity contribution in [3.8, 4) is 0 Å². The molecule has 3 N–H and O–H groups in total. The van der Waals surface area contributed by atoms with Gasteiger partial charge in [-0.3, -0.25) is 4.79 Å². The van der Waals surface area contributed by atoms with Gasteiger partial charge in [0.2, 0.25) is 5.91 Å². The van der Waals surface area contributed by atoms with E-state index in [0.29, 0.717) is 28.8 Å². The van der Waals surface area contributed by atoms with E-state index in [2.05, 4.69) is 10.6 Å². The number of ether oxygens (including phenoxy) is 1. The average Bonchev–Trinajstić information content (AvgIpc) is 2.41. The van der Waals surface area contributed by atoms with E-state index >= 15 is 0 Å². The predicted molar refractivity (Wildman–Crippen MR) is 85.1 cm³/mol. The Bertz CT molecular complexity index is 477. The predicted octanol–water partition coefficient (Wildman–Crippen LogP) is 2.31. The Morgan fingerprint density at radius 2 is 2.14 bits per heavy atom. The van der Waals surface area contributed by atoms with E-state index in [0.717, 1.165) is 0 Å². The molecule has 1 aromatic rings. The summed E-state index contributed by atoms with van der Waals surface area (Å²) in [5.74, 6) is -0.251. The van der Waals surface area contributed by atoms with Crippen LogP contribution in [0.15, 0.2) is 18.2 Å². The van der Waals surface area contributed by atoms with Gasteiger partial charge in [0.05, 0.1) is 23.9 Å². The molecule has 1 aromatic carbocycles. The monoisotopic (exact) mass is 334 g/mol. The second-order valence-electron chi connectivity index (χ2n) is 4.99. The first-order valence-electron chi connectivity index (χ1n) is 6.50. The quantitative estimate of drug-likeness (QED) is 0.682. The fourth-order valence-electron chi connectivity index (χ4n) is 1.86. The largest absolute Gasteiger partial charge is 0.396 e. The fourth-order valence-corrected chi connectivity index (χ4v) is 2.20. The first-order chi connectivity index (χ1) is 9.90. The lowest BCUT2D eigenvalue weighted by Crippen LogP contribution is -2.49. The summed E-state index contributed by atoms with van der Waals surface area (Å²) >= 11 is 11.8. The number of carbonyl (C=O) groups is 1. The van der Waals surface area contributed by atoms with Crippen molar-refractivity contribution in [1.29, 1.82) is 0 Å². The highest BCUT2D eigenvalue weighted by molar-refractivity contribution is 6.35. The summed E-state index contributed by atoms with van der Waals surface area (Å²) < 4.78 is 5.10. The molecule has 0 radical (unpaired) electrons. The molecular formula is C14H20Cl2N2O3. The Hall–Kier alpha value is -0.850. The van der Waals surface area contributed by atoms with Gasteiger partial charge in [0.25, 0.3) is 0 Å². The molecule has 21 heavy (non-hydrogen) atoms. The average molecular weight is 335 g/mol. The van der Waals surface area contributed by atoms with E-state index in [1.54, 1.807) is 25.3 Å². The Morgan fingerprint density at radius 1 is 1.43 bits per heavy atom. The third-order valence-electron chi connectivity index (χ3n) is 3.00. The Morgan fingerprint density at radius 3 is 2.76 bits per heavy atom. The van der Waals surface area contributed by atoms with Crippen molar-refractivity contribution in [3.63, 3.8) is 0 Å². The van der Waals surface area contributed by atoms with E-state index in [-0.39, 0.29) is 19.1 Å². The Kier molecular flexibility index (Phi) is 7.42. The number of methoxy groups -OCH3 is 1. The molecule has 0 aliphatic carbocycles. The number of aliphatic hydroxyl groups excluding tert-OH is 1. The zero-order valence-electron chi connectivity index (χ0n) is 12.1. The third kappa shape index (κ3) is 6.20. The van der Waals surface area contributed by atoms with Crippen molar-refractivity contribution in [1.82, 2.24) is 5.32 Å². The van der Waals surface area contributed by atoms with Gasteiger partial charge in [-0.05, 0) is 31.5 Å². The van der Waals surface area contributed by atoms with Crippen LogP contribution in [0.1, 0.15) is 13.3 Å². The number of hydrogen-bond donors (Lipinski definition) is 3. The highest BCUT2D eigenvalue weighted by Gasteiger charge is 2.24. The lowest BCUT2D eigenvalue weighted by Gasteiger charge is -2.29. The van der Waals surface area contributed by atoms with Crippen molar-refractivity contribution in [2.75, 3.05) is 32.2 Å². The molecule has 5 nitrogen and oxygen atoms in total. The van der Waals surface area contributed by atoms with Crippen LogP contribution in [0.5, 0.6) is 0 Å². The molecule has 0 spiro atoms. The summed E-state index contributed by atoms with van der Waals surface area (Å²) in [7, 11) is 1.57. The van der Waals surface area contributed by atoms with E-state index in [4.69, 9.17) is 33.0 Å². The molecule has 0 heterocycles. The van der Waals surface area contributed by atoms with E-state index in [9.17, 15) is 4.79 Å². The number of rotatable bonds is 8. The van der Waals surface area contributed by atoms with Crippen LogP contribution in [0.2, 0.25) is 10.0 Å². The van der Waals surface area contributed by atoms with Crippen molar-refractivity contribution in [2.24, 2.45) is 0 Å². The van der Waals surface area contributed by atoms with Gasteiger partial charge in [-0.2, -0.15) is 0 Å². The highest BCUT2D eigenvalue weighted by atomic mass is 35.5. The molecule has 118 valence electrons. The summed E-state index contributed by atoms with van der Waals surface area (Å²) in [6.45, 7) is 2.35. The number of aliphatic hydroxyl groups is 1. The maximum atomic E-state index is 12.0. The molecule has 1 atom stereocenters. The van der Waals surface area contributed by atoms with Crippen molar-refractivity contribution >= 4 is 34.8 Å². The third-order valence-corrected chi connectivity index (χ3v) is 3.57. The van der Waals surface area contributed by atoms with Gasteiger partial charge in [0, 0.05) is 24.3 Å². The summed E-state index contributed by atoms with van der Waals surface area (Å²) in [6.07, 6.45) is 0.478. The smallest absolute Gasteiger partial charge is 0.238 e. The maximum absolute atomic E-state index is 12.0. The minimum absolute atomic E-state index is 0.00853. The van der Waals surface area contributed by atoms with Crippen LogP contribution < -0.4 is 10.6 Å². The lowest BCUT2D eigenvalue weighted by atomic mass is 9.99. The Labute approximate surface area is 134 Å². The van der Waals surface area contributed by atoms with Crippen molar-refractivity contribution in [2.45, 2.75) is 18.9 Å². The molecule has 0 aromatic heterocycles. The van der Waals surface area contributed by atoms with Gasteiger partial charge in [0.1, 0.15) is 0 Å². The molecule has 0 saturated heterocycles. The molecular weight excluding hydrogens is 315 g/mol. The fraction of sp³-hybridized carbons (Fsp3) is 0.500. The van der Waals surface area contributed by atoms with Gasteiger partial charge >= 0.3 is 0 Å². The number of benzene rings is 1. The van der Waals surface area contributed by atoms with Crippen LogP contribution in [-0.2, 0) is 9.53 Å². The number of nitrogens with one attached hydrogen (secondary N) is 2. The van der Waals surface area contributed by atoms with Crippen LogP contribution in [0, 0.1) is 0 Å². The van der Waals surface area contributed by atoms with Crippen LogP contribution in [-0.4, -0.2) is 43.4 Å². The molecule has 0 saturated carbocycles. The van der Waals surface area contributed by atoms with Gasteiger partial charge in [0.15, 0.2) is 0 Å². The molecule has 0 fully saturated rings. The van der Waals surface area contributed by atoms with Crippen molar-refractivity contribution in [3.05, 3.63) is 28.2 Å². The summed E-state index contributed by atoms with van der Waals surface area (Å²) in [4.78, 5) is 12.0. The number of amides is 1. The van der Waals surface area contributed by atoms with Crippen LogP contribution in [0.25, 0.3) is 0 Å². The second-order valence-corrected chi connectivity index (χ2v) is 5.84. The molecule has 7 heteroatoms. The van der Waals surface area contributed by atoms with Gasteiger partial charge in [-0.25, -0.2) is 0 Å². The summed E-state index contributed by atoms with van der Waals surface area (Å²) in [5, 5.41) is 15.7. The Balaban J connectivity index is 2.58. The van der Waals surface area contributed by atoms with Crippen LogP contribution in [0.3, 0.4) is 0 Å². The standard InChI is InChI=1S/C14H20Cl2N2O3/c1-14(5-6-19,9-21-2)17-8-13(20)18-12-7-10(15)3-4-11(12)16/h3-4,7,17,19H,5-6,8-9H2,1-2H3,(H,18,20). The SMILES string of the molecule is COCC(C)(CCO)NCC(=O)Nc1cc(Cl)ccc1Cl. The normalized spacial score (nSPS) is 13.8. The molecule has 1 unspecified atom stereocenters. The molecule has 0 aliphatic rings. The number of halogens is 2. The van der Waals surface area contributed by atoms with E-state index in [1.807, 2.05) is 6.92 Å². The van der Waals surface area contributed by atoms with Crippen LogP contribution >= 0.6 is 23.2 Å². The highest BCUT2D eigenvalue weighted by Crippen LogP contribution is 2.25. The first kappa shape index (κ1) is 18.2.